The van der Waals surface area contributed by atoms with Crippen molar-refractivity contribution in [3.05, 3.63) is 11.6 Å². The summed E-state index contributed by atoms with van der Waals surface area (Å²) < 4.78 is 0. The molecular weight excluding hydrogens is 376 g/mol. The van der Waals surface area contributed by atoms with Crippen LogP contribution in [0.2, 0.25) is 0 Å². The molecule has 1 N–H and O–H groups in total. The normalized spacial score (nSPS) is 46.7. The van der Waals surface area contributed by atoms with Crippen LogP contribution in [0.15, 0.2) is 11.6 Å². The number of rotatable bonds is 6. The van der Waals surface area contributed by atoms with Crippen molar-refractivity contribution in [3.8, 4) is 0 Å². The highest BCUT2D eigenvalue weighted by molar-refractivity contribution is 5.27. The fourth-order valence-corrected chi connectivity index (χ4v) is 9.72. The number of aliphatic hydroxyl groups excluding tert-OH is 1. The maximum Gasteiger partial charge on any atom is 0.0603 e. The van der Waals surface area contributed by atoms with Gasteiger partial charge in [-0.15, -0.1) is 0 Å². The molecule has 4 aliphatic carbocycles. The van der Waals surface area contributed by atoms with E-state index in [0.29, 0.717) is 16.7 Å². The Morgan fingerprint density at radius 2 is 1.74 bits per heavy atom. The van der Waals surface area contributed by atoms with E-state index in [2.05, 4.69) is 54.5 Å². The van der Waals surface area contributed by atoms with E-state index < -0.39 is 0 Å². The molecule has 0 saturated heterocycles. The maximum atomic E-state index is 10.5. The Labute approximate surface area is 193 Å². The molecule has 10 atom stereocenters. The average Bonchev–Trinajstić information content (AvgIpc) is 3.08. The van der Waals surface area contributed by atoms with Gasteiger partial charge in [-0.05, 0) is 104 Å². The SMILES string of the molecule is CC[C@H](CC[C@@H](C)[C@@H]1CC[C@@H]2[C@@H]3CC=C4[C@@H](C)[C@@H](O)CC[C@]4(C)[C@H]3CC[C@@]21C)C(C)C. The van der Waals surface area contributed by atoms with E-state index >= 15 is 0 Å². The van der Waals surface area contributed by atoms with Crippen molar-refractivity contribution < 1.29 is 5.11 Å². The summed E-state index contributed by atoms with van der Waals surface area (Å²) in [5.41, 5.74) is 2.55. The number of allylic oxidation sites excluding steroid dienone is 1. The third-order valence-corrected chi connectivity index (χ3v) is 11.8. The van der Waals surface area contributed by atoms with Crippen molar-refractivity contribution in [3.63, 3.8) is 0 Å². The fraction of sp³-hybridized carbons (Fsp3) is 0.933. The predicted molar refractivity (Wildman–Crippen MR) is 133 cm³/mol. The van der Waals surface area contributed by atoms with E-state index in [9.17, 15) is 5.11 Å². The van der Waals surface area contributed by atoms with Crippen molar-refractivity contribution in [2.24, 2.45) is 58.2 Å². The summed E-state index contributed by atoms with van der Waals surface area (Å²) in [6.45, 7) is 17.4. The summed E-state index contributed by atoms with van der Waals surface area (Å²) in [7, 11) is 0. The van der Waals surface area contributed by atoms with Gasteiger partial charge in [-0.3, -0.25) is 0 Å². The highest BCUT2D eigenvalue weighted by Gasteiger charge is 2.59. The monoisotopic (exact) mass is 428 g/mol. The molecule has 4 rings (SSSR count). The lowest BCUT2D eigenvalue weighted by atomic mass is 9.46. The summed E-state index contributed by atoms with van der Waals surface area (Å²) in [4.78, 5) is 0. The minimum atomic E-state index is -0.112. The van der Waals surface area contributed by atoms with Crippen LogP contribution in [0.3, 0.4) is 0 Å². The van der Waals surface area contributed by atoms with Crippen LogP contribution in [0, 0.1) is 58.2 Å². The van der Waals surface area contributed by atoms with Crippen LogP contribution in [0.1, 0.15) is 113 Å². The zero-order chi connectivity index (χ0) is 22.6. The summed E-state index contributed by atoms with van der Waals surface area (Å²) in [5.74, 6) is 6.63. The number of hydrogen-bond acceptors (Lipinski definition) is 1. The molecule has 0 aromatic heterocycles. The van der Waals surface area contributed by atoms with Crippen LogP contribution in [-0.2, 0) is 0 Å². The lowest BCUT2D eigenvalue weighted by Gasteiger charge is -2.59. The van der Waals surface area contributed by atoms with E-state index in [0.717, 1.165) is 47.8 Å². The molecule has 4 aliphatic rings. The molecule has 1 heteroatoms. The smallest absolute Gasteiger partial charge is 0.0603 e. The van der Waals surface area contributed by atoms with Crippen LogP contribution in [0.5, 0.6) is 0 Å². The average molecular weight is 429 g/mol. The van der Waals surface area contributed by atoms with Crippen molar-refractivity contribution >= 4 is 0 Å². The highest BCUT2D eigenvalue weighted by Crippen LogP contribution is 2.67. The standard InChI is InChI=1S/C30H52O/c1-8-22(19(2)3)10-9-20(4)24-13-14-26-23-11-12-25-21(5)28(31)16-18-30(25,7)27(23)15-17-29(24,26)6/h12,19-24,26-28,31H,8-11,13-18H2,1-7H3/t20-,21-,22-,23+,24+,26-,27+,28+,29-,30+/m1/s1. The molecular formula is C30H52O. The molecule has 3 saturated carbocycles. The number of fused-ring (bicyclic) bond motifs is 5. The van der Waals surface area contributed by atoms with Gasteiger partial charge in [0.2, 0.25) is 0 Å². The molecule has 0 aliphatic heterocycles. The van der Waals surface area contributed by atoms with E-state index in [1.54, 1.807) is 5.57 Å². The first-order chi connectivity index (χ1) is 14.6. The number of aliphatic hydroxyl groups is 1. The Morgan fingerprint density at radius 3 is 2.42 bits per heavy atom. The Bertz CT molecular complexity index is 663. The molecule has 0 radical (unpaired) electrons. The molecule has 0 amide bonds. The van der Waals surface area contributed by atoms with Gasteiger partial charge in [0.1, 0.15) is 0 Å². The van der Waals surface area contributed by atoms with Gasteiger partial charge in [0.25, 0.3) is 0 Å². The lowest BCUT2D eigenvalue weighted by molar-refractivity contribution is -0.0646. The molecule has 0 spiro atoms. The van der Waals surface area contributed by atoms with Crippen LogP contribution in [0.25, 0.3) is 0 Å². The summed E-state index contributed by atoms with van der Waals surface area (Å²) >= 11 is 0. The van der Waals surface area contributed by atoms with E-state index in [1.165, 1.54) is 57.8 Å². The summed E-state index contributed by atoms with van der Waals surface area (Å²) in [6, 6.07) is 0. The van der Waals surface area contributed by atoms with Crippen molar-refractivity contribution in [1.29, 1.82) is 0 Å². The van der Waals surface area contributed by atoms with E-state index in [4.69, 9.17) is 0 Å². The minimum absolute atomic E-state index is 0.112. The second kappa shape index (κ2) is 8.81. The van der Waals surface area contributed by atoms with E-state index in [1.807, 2.05) is 0 Å². The van der Waals surface area contributed by atoms with Crippen LogP contribution in [0.4, 0.5) is 0 Å². The van der Waals surface area contributed by atoms with Gasteiger partial charge in [-0.2, -0.15) is 0 Å². The van der Waals surface area contributed by atoms with Crippen LogP contribution >= 0.6 is 0 Å². The molecule has 0 heterocycles. The van der Waals surface area contributed by atoms with Gasteiger partial charge in [-0.1, -0.05) is 73.0 Å². The van der Waals surface area contributed by atoms with Gasteiger partial charge in [0.05, 0.1) is 6.10 Å². The molecule has 178 valence electrons. The molecule has 0 bridgehead atoms. The second-order valence-corrected chi connectivity index (χ2v) is 13.3. The third-order valence-electron chi connectivity index (χ3n) is 11.8. The molecule has 0 unspecified atom stereocenters. The topological polar surface area (TPSA) is 20.2 Å². The Kier molecular flexibility index (Phi) is 6.78. The maximum absolute atomic E-state index is 10.5. The first-order valence-corrected chi connectivity index (χ1v) is 14.0. The summed E-state index contributed by atoms with van der Waals surface area (Å²) in [5, 5.41) is 10.5. The van der Waals surface area contributed by atoms with Crippen molar-refractivity contribution in [2.75, 3.05) is 0 Å². The zero-order valence-corrected chi connectivity index (χ0v) is 21.8. The number of hydrogen-bond donors (Lipinski definition) is 1. The zero-order valence-electron chi connectivity index (χ0n) is 21.8. The third kappa shape index (κ3) is 3.87. The Morgan fingerprint density at radius 1 is 1.00 bits per heavy atom. The van der Waals surface area contributed by atoms with Gasteiger partial charge >= 0.3 is 0 Å². The minimum Gasteiger partial charge on any atom is -0.393 e. The molecule has 0 aromatic rings. The molecule has 1 nitrogen and oxygen atoms in total. The van der Waals surface area contributed by atoms with Gasteiger partial charge in [0, 0.05) is 5.92 Å². The molecule has 31 heavy (non-hydrogen) atoms. The lowest BCUT2D eigenvalue weighted by Crippen LogP contribution is -2.52. The first kappa shape index (κ1) is 23.8. The van der Waals surface area contributed by atoms with E-state index in [-0.39, 0.29) is 6.10 Å². The predicted octanol–water partition coefficient (Wildman–Crippen LogP) is 8.27. The largest absolute Gasteiger partial charge is 0.393 e. The molecule has 0 aromatic carbocycles. The highest BCUT2D eigenvalue weighted by atomic mass is 16.3. The molecule has 3 fully saturated rings. The van der Waals surface area contributed by atoms with Gasteiger partial charge in [0.15, 0.2) is 0 Å². The Balaban J connectivity index is 1.49. The van der Waals surface area contributed by atoms with Gasteiger partial charge in [-0.25, -0.2) is 0 Å². The van der Waals surface area contributed by atoms with Gasteiger partial charge < -0.3 is 5.11 Å². The van der Waals surface area contributed by atoms with Crippen LogP contribution < -0.4 is 0 Å². The Hall–Kier alpha value is -0.300. The quantitative estimate of drug-likeness (QED) is 0.422. The van der Waals surface area contributed by atoms with Crippen LogP contribution in [-0.4, -0.2) is 11.2 Å². The second-order valence-electron chi connectivity index (χ2n) is 13.3. The van der Waals surface area contributed by atoms with Crippen molar-refractivity contribution in [1.82, 2.24) is 0 Å². The first-order valence-electron chi connectivity index (χ1n) is 14.0. The fourth-order valence-electron chi connectivity index (χ4n) is 9.72. The summed E-state index contributed by atoms with van der Waals surface area (Å²) in [6.07, 6.45) is 16.1. The van der Waals surface area contributed by atoms with Crippen molar-refractivity contribution in [2.45, 2.75) is 119 Å².